The van der Waals surface area contributed by atoms with Gasteiger partial charge >= 0.3 is 5.69 Å². The van der Waals surface area contributed by atoms with E-state index in [0.717, 1.165) is 0 Å². The minimum atomic E-state index is -0.569. The predicted molar refractivity (Wildman–Crippen MR) is 109 cm³/mol. The third-order valence-corrected chi connectivity index (χ3v) is 4.55. The van der Waals surface area contributed by atoms with E-state index in [1.807, 2.05) is 0 Å². The fourth-order valence-electron chi connectivity index (χ4n) is 2.96. The number of nitrogens with zero attached hydrogens (tertiary/aromatic N) is 3. The highest BCUT2D eigenvalue weighted by Gasteiger charge is 2.19. The van der Waals surface area contributed by atoms with Crippen molar-refractivity contribution in [1.29, 1.82) is 0 Å². The standard InChI is InChI=1S/C20H15N5O6/c26-16-3-1-2-12(19(16)27)10-21-20(28)11-4-6-13(7-5-11)22-14-8-9-15(25(29)30)18-17(14)23-31-24-18/h1-9,22,26-27H,10H2,(H,21,28). The number of aromatic nitrogens is 2. The number of phenolic OH excluding ortho intramolecular Hbond substituents is 2. The fraction of sp³-hybridized carbons (Fsp3) is 0.0500. The van der Waals surface area contributed by atoms with Gasteiger partial charge in [0.25, 0.3) is 5.91 Å². The molecule has 4 N–H and O–H groups in total. The lowest BCUT2D eigenvalue weighted by Crippen LogP contribution is -2.22. The average Bonchev–Trinajstić information content (AvgIpc) is 3.25. The molecule has 0 fully saturated rings. The molecule has 156 valence electrons. The van der Waals surface area contributed by atoms with E-state index >= 15 is 0 Å². The molecule has 1 amide bonds. The van der Waals surface area contributed by atoms with Crippen LogP contribution in [0, 0.1) is 10.1 Å². The predicted octanol–water partition coefficient (Wildman–Crippen LogP) is 3.22. The molecule has 1 aromatic heterocycles. The third kappa shape index (κ3) is 3.92. The number of non-ortho nitro benzene ring substituents is 1. The molecule has 0 radical (unpaired) electrons. The van der Waals surface area contributed by atoms with Crippen molar-refractivity contribution in [3.63, 3.8) is 0 Å². The number of benzene rings is 3. The topological polar surface area (TPSA) is 164 Å². The molecule has 11 nitrogen and oxygen atoms in total. The molecular weight excluding hydrogens is 406 g/mol. The first kappa shape index (κ1) is 19.6. The lowest BCUT2D eigenvalue weighted by atomic mass is 10.1. The van der Waals surface area contributed by atoms with Crippen LogP contribution < -0.4 is 10.6 Å². The Balaban J connectivity index is 1.46. The number of carbonyl (C=O) groups is 1. The molecule has 0 spiro atoms. The zero-order valence-corrected chi connectivity index (χ0v) is 15.8. The van der Waals surface area contributed by atoms with Gasteiger partial charge in [-0.05, 0) is 46.7 Å². The van der Waals surface area contributed by atoms with Crippen LogP contribution in [0.4, 0.5) is 17.1 Å². The number of anilines is 2. The molecule has 11 heteroatoms. The molecule has 0 saturated heterocycles. The Hall–Kier alpha value is -4.67. The van der Waals surface area contributed by atoms with E-state index < -0.39 is 4.92 Å². The Labute approximate surface area is 174 Å². The number of amides is 1. The van der Waals surface area contributed by atoms with Crippen molar-refractivity contribution in [2.45, 2.75) is 6.54 Å². The molecule has 0 aliphatic rings. The summed E-state index contributed by atoms with van der Waals surface area (Å²) < 4.78 is 4.63. The summed E-state index contributed by atoms with van der Waals surface area (Å²) in [6.07, 6.45) is 0. The van der Waals surface area contributed by atoms with Gasteiger partial charge in [0.2, 0.25) is 5.52 Å². The molecule has 4 aromatic rings. The van der Waals surface area contributed by atoms with Crippen molar-refractivity contribution in [2.24, 2.45) is 0 Å². The third-order valence-electron chi connectivity index (χ3n) is 4.55. The summed E-state index contributed by atoms with van der Waals surface area (Å²) in [4.78, 5) is 22.9. The molecule has 0 atom stereocenters. The van der Waals surface area contributed by atoms with Crippen LogP contribution in [0.5, 0.6) is 11.5 Å². The van der Waals surface area contributed by atoms with Crippen LogP contribution >= 0.6 is 0 Å². The van der Waals surface area contributed by atoms with Gasteiger partial charge in [0.1, 0.15) is 0 Å². The molecule has 4 rings (SSSR count). The second-order valence-electron chi connectivity index (χ2n) is 6.52. The lowest BCUT2D eigenvalue weighted by molar-refractivity contribution is -0.383. The number of nitro benzene ring substituents is 1. The summed E-state index contributed by atoms with van der Waals surface area (Å²) in [7, 11) is 0. The molecule has 3 aromatic carbocycles. The Kier molecular flexibility index (Phi) is 5.06. The van der Waals surface area contributed by atoms with Gasteiger partial charge in [0, 0.05) is 29.4 Å². The molecule has 0 saturated carbocycles. The minimum Gasteiger partial charge on any atom is -0.504 e. The summed E-state index contributed by atoms with van der Waals surface area (Å²) in [6.45, 7) is 0.0407. The van der Waals surface area contributed by atoms with Crippen molar-refractivity contribution in [3.8, 4) is 11.5 Å². The van der Waals surface area contributed by atoms with Crippen LogP contribution in [0.1, 0.15) is 15.9 Å². The number of para-hydroxylation sites is 1. The minimum absolute atomic E-state index is 0.0289. The largest absolute Gasteiger partial charge is 0.504 e. The van der Waals surface area contributed by atoms with Gasteiger partial charge in [0.05, 0.1) is 10.6 Å². The van der Waals surface area contributed by atoms with E-state index in [9.17, 15) is 25.1 Å². The maximum atomic E-state index is 12.4. The maximum Gasteiger partial charge on any atom is 0.300 e. The number of phenols is 2. The zero-order valence-electron chi connectivity index (χ0n) is 15.8. The van der Waals surface area contributed by atoms with Crippen LogP contribution in [-0.2, 0) is 6.54 Å². The van der Waals surface area contributed by atoms with Gasteiger partial charge in [-0.3, -0.25) is 14.9 Å². The summed E-state index contributed by atoms with van der Waals surface area (Å²) >= 11 is 0. The first-order valence-corrected chi connectivity index (χ1v) is 8.99. The Morgan fingerprint density at radius 3 is 2.52 bits per heavy atom. The SMILES string of the molecule is O=C(NCc1cccc(O)c1O)c1ccc(Nc2ccc([N+](=O)[O-])c3nonc23)cc1. The second-order valence-corrected chi connectivity index (χ2v) is 6.52. The summed E-state index contributed by atoms with van der Waals surface area (Å²) in [5, 5.41) is 43.4. The van der Waals surface area contributed by atoms with Gasteiger partial charge in [-0.2, -0.15) is 0 Å². The van der Waals surface area contributed by atoms with Gasteiger partial charge in [-0.15, -0.1) is 0 Å². The van der Waals surface area contributed by atoms with E-state index in [1.54, 1.807) is 36.4 Å². The number of hydrogen-bond acceptors (Lipinski definition) is 9. The van der Waals surface area contributed by atoms with Gasteiger partial charge < -0.3 is 20.8 Å². The first-order chi connectivity index (χ1) is 14.9. The molecular formula is C20H15N5O6. The molecule has 0 aliphatic heterocycles. The molecule has 0 bridgehead atoms. The Morgan fingerprint density at radius 2 is 1.77 bits per heavy atom. The van der Waals surface area contributed by atoms with Crippen LogP contribution in [-0.4, -0.2) is 31.4 Å². The van der Waals surface area contributed by atoms with E-state index in [0.29, 0.717) is 22.5 Å². The van der Waals surface area contributed by atoms with E-state index in [2.05, 4.69) is 25.6 Å². The van der Waals surface area contributed by atoms with Crippen LogP contribution in [0.2, 0.25) is 0 Å². The van der Waals surface area contributed by atoms with Crippen LogP contribution in [0.3, 0.4) is 0 Å². The first-order valence-electron chi connectivity index (χ1n) is 8.99. The number of fused-ring (bicyclic) bond motifs is 1. The van der Waals surface area contributed by atoms with Crippen molar-refractivity contribution >= 4 is 34.0 Å². The summed E-state index contributed by atoms with van der Waals surface area (Å²) in [5.74, 6) is -0.906. The summed E-state index contributed by atoms with van der Waals surface area (Å²) in [6, 6.07) is 13.8. The van der Waals surface area contributed by atoms with Gasteiger partial charge in [-0.25, -0.2) is 4.63 Å². The molecule has 31 heavy (non-hydrogen) atoms. The number of rotatable bonds is 6. The average molecular weight is 421 g/mol. The molecule has 0 unspecified atom stereocenters. The zero-order chi connectivity index (χ0) is 22.0. The molecule has 1 heterocycles. The number of aromatic hydroxyl groups is 2. The number of nitrogens with one attached hydrogen (secondary N) is 2. The highest BCUT2D eigenvalue weighted by Crippen LogP contribution is 2.31. The maximum absolute atomic E-state index is 12.4. The van der Waals surface area contributed by atoms with E-state index in [-0.39, 0.29) is 40.7 Å². The Bertz CT molecular complexity index is 1290. The fourth-order valence-corrected chi connectivity index (χ4v) is 2.96. The highest BCUT2D eigenvalue weighted by atomic mass is 16.6. The van der Waals surface area contributed by atoms with Crippen LogP contribution in [0.15, 0.2) is 59.2 Å². The normalized spacial score (nSPS) is 10.7. The highest BCUT2D eigenvalue weighted by molar-refractivity contribution is 5.96. The van der Waals surface area contributed by atoms with Crippen LogP contribution in [0.25, 0.3) is 11.0 Å². The second kappa shape index (κ2) is 7.99. The lowest BCUT2D eigenvalue weighted by Gasteiger charge is -2.10. The number of carbonyl (C=O) groups excluding carboxylic acids is 1. The van der Waals surface area contributed by atoms with Crippen molar-refractivity contribution in [1.82, 2.24) is 15.6 Å². The van der Waals surface area contributed by atoms with E-state index in [4.69, 9.17) is 0 Å². The monoisotopic (exact) mass is 421 g/mol. The van der Waals surface area contributed by atoms with Crippen molar-refractivity contribution in [3.05, 3.63) is 75.8 Å². The van der Waals surface area contributed by atoms with Gasteiger partial charge in [-0.1, -0.05) is 12.1 Å². The number of hydrogen-bond donors (Lipinski definition) is 4. The summed E-state index contributed by atoms with van der Waals surface area (Å²) in [5.41, 5.74) is 1.85. The number of nitro groups is 1. The quantitative estimate of drug-likeness (QED) is 0.208. The van der Waals surface area contributed by atoms with E-state index in [1.165, 1.54) is 18.2 Å². The molecule has 0 aliphatic carbocycles. The Morgan fingerprint density at radius 1 is 1.03 bits per heavy atom. The van der Waals surface area contributed by atoms with Gasteiger partial charge in [0.15, 0.2) is 17.0 Å². The smallest absolute Gasteiger partial charge is 0.300 e. The van der Waals surface area contributed by atoms with Crippen molar-refractivity contribution < 1.29 is 24.6 Å². The van der Waals surface area contributed by atoms with Crippen molar-refractivity contribution in [2.75, 3.05) is 5.32 Å².